The number of nitrogens with zero attached hydrogens (tertiary/aromatic N) is 5. The first-order chi connectivity index (χ1) is 17.5. The largest absolute Gasteiger partial charge is 0.424 e. The molecule has 1 fully saturated rings. The normalized spacial score (nSPS) is 16.1. The molecule has 0 spiro atoms. The maximum atomic E-state index is 13.4. The lowest BCUT2D eigenvalue weighted by Gasteiger charge is -2.34. The number of likely N-dealkylation sites (N-methyl/N-ethyl adjacent to an activating group) is 1. The first kappa shape index (κ1) is 26.9. The second-order valence-corrected chi connectivity index (χ2v) is 10.5. The lowest BCUT2D eigenvalue weighted by atomic mass is 10.2. The molecule has 9 nitrogen and oxygen atoms in total. The van der Waals surface area contributed by atoms with Crippen LogP contribution in [-0.2, 0) is 22.7 Å². The number of hydrogen-bond acceptors (Lipinski definition) is 7. The van der Waals surface area contributed by atoms with Gasteiger partial charge in [0, 0.05) is 44.5 Å². The van der Waals surface area contributed by atoms with Crippen molar-refractivity contribution in [1.29, 1.82) is 0 Å². The zero-order chi connectivity index (χ0) is 26.8. The van der Waals surface area contributed by atoms with Gasteiger partial charge in [0.25, 0.3) is 0 Å². The van der Waals surface area contributed by atoms with Crippen LogP contribution in [-0.4, -0.2) is 61.3 Å². The van der Waals surface area contributed by atoms with E-state index in [0.717, 1.165) is 50.1 Å². The Morgan fingerprint density at radius 1 is 1.05 bits per heavy atom. The van der Waals surface area contributed by atoms with Crippen molar-refractivity contribution in [2.24, 2.45) is 0 Å². The van der Waals surface area contributed by atoms with Crippen LogP contribution >= 0.6 is 0 Å². The molecule has 2 aromatic carbocycles. The van der Waals surface area contributed by atoms with Gasteiger partial charge in [-0.2, -0.15) is 13.2 Å². The summed E-state index contributed by atoms with van der Waals surface area (Å²) in [5.41, 5.74) is -0.228. The lowest BCUT2D eigenvalue weighted by molar-refractivity contribution is -0.139. The van der Waals surface area contributed by atoms with Crippen LogP contribution in [0.4, 0.5) is 18.9 Å². The molecule has 1 aliphatic heterocycles. The summed E-state index contributed by atoms with van der Waals surface area (Å²) >= 11 is 0. The van der Waals surface area contributed by atoms with Crippen LogP contribution in [0.15, 0.2) is 53.4 Å². The Morgan fingerprint density at radius 2 is 1.76 bits per heavy atom. The molecule has 0 saturated carbocycles. The Labute approximate surface area is 213 Å². The maximum absolute atomic E-state index is 13.4. The van der Waals surface area contributed by atoms with Crippen LogP contribution in [0.5, 0.6) is 11.8 Å². The number of hydrogen-bond donors (Lipinski definition) is 1. The predicted octanol–water partition coefficient (Wildman–Crippen LogP) is 3.90. The average molecular weight is 539 g/mol. The standard InChI is InChI=1S/C24H29F3N6O3S/c1-4-33-22(17(2)30-37(34,35)21-11-6-5-10-20(21)24(25,26)27)28-29-23(33)36-19-9-7-8-18(16-19)32-14-12-31(3)13-15-32/h5-11,16-17,30H,4,12-15H2,1-3H3/t17-/m1/s1. The molecular formula is C24H29F3N6O3S. The summed E-state index contributed by atoms with van der Waals surface area (Å²) in [6.45, 7) is 7.34. The quantitative estimate of drug-likeness (QED) is 0.465. The second kappa shape index (κ2) is 10.7. The Kier molecular flexibility index (Phi) is 7.76. The van der Waals surface area contributed by atoms with Crippen LogP contribution in [0.1, 0.15) is 31.3 Å². The number of ether oxygens (including phenoxy) is 1. The van der Waals surface area contributed by atoms with Crippen LogP contribution < -0.4 is 14.4 Å². The highest BCUT2D eigenvalue weighted by molar-refractivity contribution is 7.89. The van der Waals surface area contributed by atoms with E-state index in [1.807, 2.05) is 18.2 Å². The van der Waals surface area contributed by atoms with Crippen molar-refractivity contribution in [3.8, 4) is 11.8 Å². The van der Waals surface area contributed by atoms with Gasteiger partial charge < -0.3 is 14.5 Å². The monoisotopic (exact) mass is 538 g/mol. The fraction of sp³-hybridized carbons (Fsp3) is 0.417. The van der Waals surface area contributed by atoms with Gasteiger partial charge >= 0.3 is 12.2 Å². The third-order valence-electron chi connectivity index (χ3n) is 6.16. The molecule has 0 aliphatic carbocycles. The van der Waals surface area contributed by atoms with Crippen molar-refractivity contribution in [2.75, 3.05) is 38.1 Å². The Hall–Kier alpha value is -3.16. The highest BCUT2D eigenvalue weighted by Gasteiger charge is 2.37. The summed E-state index contributed by atoms with van der Waals surface area (Å²) in [6, 6.07) is 10.8. The highest BCUT2D eigenvalue weighted by atomic mass is 32.2. The van der Waals surface area contributed by atoms with Gasteiger partial charge in [-0.25, -0.2) is 13.1 Å². The van der Waals surface area contributed by atoms with Gasteiger partial charge in [-0.05, 0) is 45.2 Å². The minimum absolute atomic E-state index is 0.148. The van der Waals surface area contributed by atoms with Crippen LogP contribution in [0.2, 0.25) is 0 Å². The molecule has 0 unspecified atom stereocenters. The maximum Gasteiger partial charge on any atom is 0.417 e. The Morgan fingerprint density at radius 3 is 2.43 bits per heavy atom. The number of anilines is 1. The number of aromatic nitrogens is 3. The van der Waals surface area contributed by atoms with Crippen molar-refractivity contribution in [3.05, 3.63) is 59.9 Å². The summed E-state index contributed by atoms with van der Waals surface area (Å²) < 4.78 is 75.8. The van der Waals surface area contributed by atoms with Crippen LogP contribution in [0, 0.1) is 0 Å². The molecule has 1 saturated heterocycles. The number of halogens is 3. The number of sulfonamides is 1. The van der Waals surface area contributed by atoms with E-state index in [4.69, 9.17) is 4.74 Å². The van der Waals surface area contributed by atoms with Crippen LogP contribution in [0.3, 0.4) is 0 Å². The summed E-state index contributed by atoms with van der Waals surface area (Å²) in [4.78, 5) is 3.67. The molecule has 1 atom stereocenters. The topological polar surface area (TPSA) is 92.6 Å². The van der Waals surface area contributed by atoms with E-state index in [1.54, 1.807) is 17.6 Å². The van der Waals surface area contributed by atoms with Gasteiger partial charge in [-0.1, -0.05) is 23.3 Å². The number of benzene rings is 2. The zero-order valence-corrected chi connectivity index (χ0v) is 21.6. The van der Waals surface area contributed by atoms with Gasteiger partial charge in [-0.15, -0.1) is 5.10 Å². The van der Waals surface area contributed by atoms with Crippen molar-refractivity contribution >= 4 is 15.7 Å². The van der Waals surface area contributed by atoms with Gasteiger partial charge in [0.2, 0.25) is 10.0 Å². The Balaban J connectivity index is 1.54. The first-order valence-corrected chi connectivity index (χ1v) is 13.3. The van der Waals surface area contributed by atoms with E-state index in [9.17, 15) is 21.6 Å². The van der Waals surface area contributed by atoms with Crippen molar-refractivity contribution in [3.63, 3.8) is 0 Å². The number of alkyl halides is 3. The first-order valence-electron chi connectivity index (χ1n) is 11.8. The van der Waals surface area contributed by atoms with E-state index in [-0.39, 0.29) is 11.8 Å². The van der Waals surface area contributed by atoms with E-state index in [1.165, 1.54) is 13.0 Å². The molecule has 37 heavy (non-hydrogen) atoms. The second-order valence-electron chi connectivity index (χ2n) is 8.81. The smallest absolute Gasteiger partial charge is 0.417 e. The number of rotatable bonds is 8. The molecule has 1 aromatic heterocycles. The average Bonchev–Trinajstić information content (AvgIpc) is 3.26. The summed E-state index contributed by atoms with van der Waals surface area (Å²) in [6.07, 6.45) is -4.82. The molecule has 13 heteroatoms. The highest BCUT2D eigenvalue weighted by Crippen LogP contribution is 2.34. The summed E-state index contributed by atoms with van der Waals surface area (Å²) in [7, 11) is -2.43. The summed E-state index contributed by atoms with van der Waals surface area (Å²) in [5.74, 6) is 0.748. The van der Waals surface area contributed by atoms with Crippen molar-refractivity contribution < 1.29 is 26.3 Å². The minimum Gasteiger partial charge on any atom is -0.424 e. The summed E-state index contributed by atoms with van der Waals surface area (Å²) in [5, 5.41) is 8.15. The Bertz CT molecular complexity index is 1340. The van der Waals surface area contributed by atoms with E-state index < -0.39 is 32.7 Å². The van der Waals surface area contributed by atoms with Gasteiger partial charge in [0.1, 0.15) is 5.75 Å². The third-order valence-corrected chi connectivity index (χ3v) is 7.76. The molecule has 4 rings (SSSR count). The van der Waals surface area contributed by atoms with Gasteiger partial charge in [0.15, 0.2) is 5.82 Å². The molecule has 3 aromatic rings. The molecule has 0 radical (unpaired) electrons. The SMILES string of the molecule is CCn1c(Oc2cccc(N3CCN(C)CC3)c2)nnc1[C@@H](C)NS(=O)(=O)c1ccccc1C(F)(F)F. The fourth-order valence-corrected chi connectivity index (χ4v) is 5.62. The molecule has 1 N–H and O–H groups in total. The molecular weight excluding hydrogens is 509 g/mol. The van der Waals surface area contributed by atoms with Crippen molar-refractivity contribution in [2.45, 2.75) is 37.5 Å². The molecule has 1 aliphatic rings. The molecule has 0 amide bonds. The third kappa shape index (κ3) is 6.05. The van der Waals surface area contributed by atoms with E-state index >= 15 is 0 Å². The molecule has 0 bridgehead atoms. The van der Waals surface area contributed by atoms with Crippen molar-refractivity contribution in [1.82, 2.24) is 24.4 Å². The van der Waals surface area contributed by atoms with E-state index in [0.29, 0.717) is 12.3 Å². The van der Waals surface area contributed by atoms with Gasteiger partial charge in [-0.3, -0.25) is 4.57 Å². The lowest BCUT2D eigenvalue weighted by Crippen LogP contribution is -2.44. The molecule has 2 heterocycles. The van der Waals surface area contributed by atoms with Crippen LogP contribution in [0.25, 0.3) is 0 Å². The molecule has 200 valence electrons. The fourth-order valence-electron chi connectivity index (χ4n) is 4.19. The van der Waals surface area contributed by atoms with E-state index in [2.05, 4.69) is 31.8 Å². The van der Waals surface area contributed by atoms with Gasteiger partial charge in [0.05, 0.1) is 16.5 Å². The zero-order valence-electron chi connectivity index (χ0n) is 20.7. The predicted molar refractivity (Wildman–Crippen MR) is 132 cm³/mol. The number of piperazine rings is 1. The number of nitrogens with one attached hydrogen (secondary N) is 1. The minimum atomic E-state index is -4.82.